The molecule has 0 amide bonds. The molecule has 0 saturated heterocycles. The quantitative estimate of drug-likeness (QED) is 0.705. The summed E-state index contributed by atoms with van der Waals surface area (Å²) < 4.78 is 35.9. The van der Waals surface area contributed by atoms with E-state index >= 15 is 0 Å². The standard InChI is InChI=1S/C11H11Cl3F2O2/c12-6-9(18-11(15,16)10(13)14)7-17-8-4-2-1-3-5-8/h1-5,9-10H,6-7H2. The van der Waals surface area contributed by atoms with Gasteiger partial charge in [-0.15, -0.1) is 11.6 Å². The van der Waals surface area contributed by atoms with Gasteiger partial charge in [0.15, 0.2) is 4.84 Å². The number of halogens is 5. The molecule has 0 heterocycles. The first-order chi connectivity index (χ1) is 8.45. The van der Waals surface area contributed by atoms with Crippen LogP contribution in [-0.2, 0) is 4.74 Å². The van der Waals surface area contributed by atoms with Gasteiger partial charge in [-0.05, 0) is 12.1 Å². The lowest BCUT2D eigenvalue weighted by Crippen LogP contribution is -2.37. The SMILES string of the molecule is FC(F)(OC(CCl)COc1ccccc1)C(Cl)Cl. The molecule has 0 radical (unpaired) electrons. The van der Waals surface area contributed by atoms with Crippen molar-refractivity contribution in [2.75, 3.05) is 12.5 Å². The van der Waals surface area contributed by atoms with Gasteiger partial charge in [0, 0.05) is 0 Å². The Bertz CT molecular complexity index is 349. The van der Waals surface area contributed by atoms with Gasteiger partial charge in [0.2, 0.25) is 0 Å². The van der Waals surface area contributed by atoms with E-state index in [0.717, 1.165) is 0 Å². The normalized spacial score (nSPS) is 13.7. The fourth-order valence-corrected chi connectivity index (χ4v) is 1.34. The molecule has 1 aromatic rings. The van der Waals surface area contributed by atoms with Crippen molar-refractivity contribution >= 4 is 34.8 Å². The Morgan fingerprint density at radius 3 is 2.28 bits per heavy atom. The molecule has 2 nitrogen and oxygen atoms in total. The second kappa shape index (κ2) is 7.34. The zero-order valence-electron chi connectivity index (χ0n) is 9.16. The molecule has 0 aliphatic carbocycles. The van der Waals surface area contributed by atoms with Gasteiger partial charge < -0.3 is 9.47 Å². The van der Waals surface area contributed by atoms with Gasteiger partial charge in [-0.25, -0.2) is 0 Å². The summed E-state index contributed by atoms with van der Waals surface area (Å²) in [5.41, 5.74) is 0. The highest BCUT2D eigenvalue weighted by Crippen LogP contribution is 2.29. The maximum absolute atomic E-state index is 13.1. The predicted octanol–water partition coefficient (Wildman–Crippen LogP) is 4.09. The van der Waals surface area contributed by atoms with Crippen LogP contribution in [0.15, 0.2) is 30.3 Å². The molecule has 7 heteroatoms. The van der Waals surface area contributed by atoms with Crippen LogP contribution in [0.2, 0.25) is 0 Å². The lowest BCUT2D eigenvalue weighted by Gasteiger charge is -2.23. The number of rotatable bonds is 7. The van der Waals surface area contributed by atoms with Gasteiger partial charge in [-0.1, -0.05) is 41.4 Å². The summed E-state index contributed by atoms with van der Waals surface area (Å²) in [6.07, 6.45) is -4.68. The van der Waals surface area contributed by atoms with E-state index < -0.39 is 17.0 Å². The number of hydrogen-bond acceptors (Lipinski definition) is 2. The van der Waals surface area contributed by atoms with Gasteiger partial charge in [-0.2, -0.15) is 8.78 Å². The van der Waals surface area contributed by atoms with Crippen molar-refractivity contribution in [1.82, 2.24) is 0 Å². The molecular formula is C11H11Cl3F2O2. The summed E-state index contributed by atoms with van der Waals surface area (Å²) >= 11 is 15.7. The number of alkyl halides is 5. The van der Waals surface area contributed by atoms with Crippen molar-refractivity contribution in [3.05, 3.63) is 30.3 Å². The van der Waals surface area contributed by atoms with Crippen molar-refractivity contribution in [2.45, 2.75) is 17.0 Å². The molecule has 1 unspecified atom stereocenters. The Hall–Kier alpha value is -0.290. The number of hydrogen-bond donors (Lipinski definition) is 0. The smallest absolute Gasteiger partial charge is 0.386 e. The second-order valence-electron chi connectivity index (χ2n) is 3.38. The summed E-state index contributed by atoms with van der Waals surface area (Å²) in [5, 5.41) is 0. The van der Waals surface area contributed by atoms with Crippen LogP contribution in [0.1, 0.15) is 0 Å². The lowest BCUT2D eigenvalue weighted by atomic mass is 10.3. The third kappa shape index (κ3) is 5.14. The van der Waals surface area contributed by atoms with Crippen LogP contribution < -0.4 is 4.74 Å². The average molecular weight is 320 g/mol. The first-order valence-electron chi connectivity index (χ1n) is 5.03. The highest BCUT2D eigenvalue weighted by molar-refractivity contribution is 6.44. The Labute approximate surface area is 119 Å². The zero-order valence-corrected chi connectivity index (χ0v) is 11.4. The third-order valence-corrected chi connectivity index (χ3v) is 2.78. The maximum atomic E-state index is 13.1. The van der Waals surface area contributed by atoms with Crippen LogP contribution in [0, 0.1) is 0 Å². The van der Waals surface area contributed by atoms with Gasteiger partial charge in [0.25, 0.3) is 0 Å². The monoisotopic (exact) mass is 318 g/mol. The Morgan fingerprint density at radius 2 is 1.78 bits per heavy atom. The Kier molecular flexibility index (Phi) is 6.43. The van der Waals surface area contributed by atoms with E-state index in [0.29, 0.717) is 5.75 Å². The molecule has 0 aliphatic rings. The fourth-order valence-electron chi connectivity index (χ4n) is 1.09. The molecule has 1 atom stereocenters. The summed E-state index contributed by atoms with van der Waals surface area (Å²) in [6.45, 7) is -0.121. The second-order valence-corrected chi connectivity index (χ2v) is 4.79. The molecule has 0 N–H and O–H groups in total. The molecule has 0 aliphatic heterocycles. The largest absolute Gasteiger partial charge is 0.491 e. The van der Waals surface area contributed by atoms with Crippen molar-refractivity contribution in [1.29, 1.82) is 0 Å². The number of para-hydroxylation sites is 1. The van der Waals surface area contributed by atoms with E-state index in [4.69, 9.17) is 39.5 Å². The maximum Gasteiger partial charge on any atom is 0.386 e. The van der Waals surface area contributed by atoms with Gasteiger partial charge in [0.05, 0.1) is 5.88 Å². The van der Waals surface area contributed by atoms with E-state index in [1.54, 1.807) is 24.3 Å². The highest BCUT2D eigenvalue weighted by Gasteiger charge is 2.41. The summed E-state index contributed by atoms with van der Waals surface area (Å²) in [7, 11) is 0. The highest BCUT2D eigenvalue weighted by atomic mass is 35.5. The van der Waals surface area contributed by atoms with E-state index in [1.165, 1.54) is 0 Å². The number of benzene rings is 1. The van der Waals surface area contributed by atoms with Crippen LogP contribution >= 0.6 is 34.8 Å². The van der Waals surface area contributed by atoms with E-state index in [2.05, 4.69) is 4.74 Å². The summed E-state index contributed by atoms with van der Waals surface area (Å²) in [5.74, 6) is 0.371. The number of ether oxygens (including phenoxy) is 2. The molecule has 0 spiro atoms. The van der Waals surface area contributed by atoms with Crippen LogP contribution in [0.3, 0.4) is 0 Å². The van der Waals surface area contributed by atoms with Crippen LogP contribution in [0.5, 0.6) is 5.75 Å². The summed E-state index contributed by atoms with van der Waals surface area (Å²) in [6, 6.07) is 8.70. The topological polar surface area (TPSA) is 18.5 Å². The molecule has 0 bridgehead atoms. The molecule has 18 heavy (non-hydrogen) atoms. The van der Waals surface area contributed by atoms with Crippen LogP contribution in [-0.4, -0.2) is 29.5 Å². The molecular weight excluding hydrogens is 308 g/mol. The van der Waals surface area contributed by atoms with E-state index in [1.807, 2.05) is 6.07 Å². The molecule has 0 aromatic heterocycles. The molecule has 102 valence electrons. The zero-order chi connectivity index (χ0) is 13.6. The van der Waals surface area contributed by atoms with Crippen molar-refractivity contribution < 1.29 is 18.3 Å². The summed E-state index contributed by atoms with van der Waals surface area (Å²) in [4.78, 5) is -1.96. The van der Waals surface area contributed by atoms with Crippen molar-refractivity contribution in [2.24, 2.45) is 0 Å². The van der Waals surface area contributed by atoms with E-state index in [-0.39, 0.29) is 12.5 Å². The average Bonchev–Trinajstić information content (AvgIpc) is 2.35. The first kappa shape index (κ1) is 15.8. The predicted molar refractivity (Wildman–Crippen MR) is 68.0 cm³/mol. The van der Waals surface area contributed by atoms with Crippen molar-refractivity contribution in [3.63, 3.8) is 0 Å². The van der Waals surface area contributed by atoms with E-state index in [9.17, 15) is 8.78 Å². The lowest BCUT2D eigenvalue weighted by molar-refractivity contribution is -0.252. The minimum absolute atomic E-state index is 0.121. The minimum atomic E-state index is -3.66. The van der Waals surface area contributed by atoms with Gasteiger partial charge in [0.1, 0.15) is 18.5 Å². The third-order valence-electron chi connectivity index (χ3n) is 1.93. The molecule has 1 rings (SSSR count). The fraction of sp³-hybridized carbons (Fsp3) is 0.455. The van der Waals surface area contributed by atoms with Crippen molar-refractivity contribution in [3.8, 4) is 5.75 Å². The van der Waals surface area contributed by atoms with Crippen LogP contribution in [0.25, 0.3) is 0 Å². The molecule has 0 saturated carbocycles. The first-order valence-corrected chi connectivity index (χ1v) is 6.44. The molecule has 0 fully saturated rings. The van der Waals surface area contributed by atoms with Gasteiger partial charge in [-0.3, -0.25) is 0 Å². The van der Waals surface area contributed by atoms with Crippen LogP contribution in [0.4, 0.5) is 8.78 Å². The minimum Gasteiger partial charge on any atom is -0.491 e. The Morgan fingerprint density at radius 1 is 1.17 bits per heavy atom. The van der Waals surface area contributed by atoms with Gasteiger partial charge >= 0.3 is 6.11 Å². The Balaban J connectivity index is 2.48. The molecule has 1 aromatic carbocycles.